The van der Waals surface area contributed by atoms with Crippen LogP contribution in [0.3, 0.4) is 0 Å². The first-order valence-corrected chi connectivity index (χ1v) is 8.88. The van der Waals surface area contributed by atoms with Crippen molar-refractivity contribution >= 4 is 22.4 Å². The largest absolute Gasteiger partial charge is 0.486 e. The van der Waals surface area contributed by atoms with Crippen molar-refractivity contribution in [3.05, 3.63) is 18.2 Å². The number of halogens is 1. The van der Waals surface area contributed by atoms with Gasteiger partial charge in [-0.05, 0) is 31.4 Å². The zero-order valence-corrected chi connectivity index (χ0v) is 15.3. The molecule has 8 heteroatoms. The highest BCUT2D eigenvalue weighted by Crippen LogP contribution is 2.32. The number of hydrogen-bond donors (Lipinski definition) is 2. The van der Waals surface area contributed by atoms with E-state index in [0.717, 1.165) is 0 Å². The Morgan fingerprint density at radius 2 is 1.87 bits per heavy atom. The minimum atomic E-state index is -3.67. The molecular formula is C15H25ClN2O4S. The summed E-state index contributed by atoms with van der Waals surface area (Å²) in [7, 11) is -3.67. The van der Waals surface area contributed by atoms with Crippen LogP contribution in [0.4, 0.5) is 0 Å². The molecule has 2 rings (SSSR count). The first-order valence-electron chi connectivity index (χ1n) is 7.39. The van der Waals surface area contributed by atoms with Gasteiger partial charge in [-0.2, -0.15) is 0 Å². The molecule has 0 aliphatic carbocycles. The van der Waals surface area contributed by atoms with Crippen LogP contribution in [0.1, 0.15) is 27.2 Å². The Hall–Kier alpha value is -1.02. The smallest absolute Gasteiger partial charge is 0.241 e. The molecule has 23 heavy (non-hydrogen) atoms. The Morgan fingerprint density at radius 1 is 1.26 bits per heavy atom. The zero-order valence-electron chi connectivity index (χ0n) is 13.7. The van der Waals surface area contributed by atoms with Gasteiger partial charge in [0, 0.05) is 18.2 Å². The zero-order chi connectivity index (χ0) is 16.4. The average molecular weight is 365 g/mol. The second-order valence-electron chi connectivity index (χ2n) is 6.27. The Labute approximate surface area is 144 Å². The van der Waals surface area contributed by atoms with Crippen LogP contribution in [0, 0.1) is 5.92 Å². The molecule has 1 aromatic carbocycles. The monoisotopic (exact) mass is 364 g/mol. The van der Waals surface area contributed by atoms with Crippen molar-refractivity contribution in [3.63, 3.8) is 0 Å². The molecule has 1 heterocycles. The van der Waals surface area contributed by atoms with Crippen molar-refractivity contribution in [1.29, 1.82) is 0 Å². The van der Waals surface area contributed by atoms with E-state index >= 15 is 0 Å². The van der Waals surface area contributed by atoms with Crippen LogP contribution >= 0.6 is 12.4 Å². The lowest BCUT2D eigenvalue weighted by Gasteiger charge is -2.31. The second kappa shape index (κ2) is 7.70. The van der Waals surface area contributed by atoms with Gasteiger partial charge < -0.3 is 15.2 Å². The second-order valence-corrected chi connectivity index (χ2v) is 7.96. The number of fused-ring (bicyclic) bond motifs is 1. The number of benzene rings is 1. The van der Waals surface area contributed by atoms with Crippen molar-refractivity contribution in [3.8, 4) is 11.5 Å². The number of ether oxygens (including phenoxy) is 2. The van der Waals surface area contributed by atoms with E-state index in [4.69, 9.17) is 15.2 Å². The van der Waals surface area contributed by atoms with E-state index in [1.807, 2.05) is 20.8 Å². The van der Waals surface area contributed by atoms with E-state index in [-0.39, 0.29) is 23.8 Å². The highest BCUT2D eigenvalue weighted by atomic mass is 35.5. The van der Waals surface area contributed by atoms with Gasteiger partial charge in [0.1, 0.15) is 13.2 Å². The molecule has 0 saturated heterocycles. The fourth-order valence-corrected chi connectivity index (χ4v) is 4.08. The molecule has 132 valence electrons. The van der Waals surface area contributed by atoms with Crippen LogP contribution in [0.2, 0.25) is 0 Å². The number of hydrogen-bond acceptors (Lipinski definition) is 5. The van der Waals surface area contributed by atoms with Gasteiger partial charge in [0.2, 0.25) is 10.0 Å². The lowest BCUT2D eigenvalue weighted by molar-refractivity contribution is 0.171. The summed E-state index contributed by atoms with van der Waals surface area (Å²) in [6.45, 7) is 7.00. The SMILES string of the molecule is CC(C)CC(C)(CN)NS(=O)(=O)c1ccc2c(c1)OCCO2.Cl. The van der Waals surface area contributed by atoms with Crippen LogP contribution in [-0.4, -0.2) is 33.7 Å². The van der Waals surface area contributed by atoms with Crippen molar-refractivity contribution < 1.29 is 17.9 Å². The summed E-state index contributed by atoms with van der Waals surface area (Å²) >= 11 is 0. The summed E-state index contributed by atoms with van der Waals surface area (Å²) in [6.07, 6.45) is 0.660. The highest BCUT2D eigenvalue weighted by molar-refractivity contribution is 7.89. The van der Waals surface area contributed by atoms with Gasteiger partial charge in [0.15, 0.2) is 11.5 Å². The highest BCUT2D eigenvalue weighted by Gasteiger charge is 2.31. The fourth-order valence-electron chi connectivity index (χ4n) is 2.64. The molecule has 3 N–H and O–H groups in total. The molecule has 6 nitrogen and oxygen atoms in total. The van der Waals surface area contributed by atoms with Crippen LogP contribution < -0.4 is 19.9 Å². The van der Waals surface area contributed by atoms with Gasteiger partial charge in [0.25, 0.3) is 0 Å². The van der Waals surface area contributed by atoms with Crippen molar-refractivity contribution in [2.75, 3.05) is 19.8 Å². The Morgan fingerprint density at radius 3 is 2.43 bits per heavy atom. The van der Waals surface area contributed by atoms with Crippen LogP contribution in [0.15, 0.2) is 23.1 Å². The number of nitrogens with two attached hydrogens (primary N) is 1. The van der Waals surface area contributed by atoms with E-state index in [1.54, 1.807) is 6.07 Å². The van der Waals surface area contributed by atoms with E-state index in [0.29, 0.717) is 37.1 Å². The van der Waals surface area contributed by atoms with Gasteiger partial charge in [-0.15, -0.1) is 12.4 Å². The van der Waals surface area contributed by atoms with Crippen molar-refractivity contribution in [2.24, 2.45) is 11.7 Å². The molecular weight excluding hydrogens is 340 g/mol. The topological polar surface area (TPSA) is 90.7 Å². The Balaban J connectivity index is 0.00000264. The van der Waals surface area contributed by atoms with Gasteiger partial charge in [-0.25, -0.2) is 13.1 Å². The summed E-state index contributed by atoms with van der Waals surface area (Å²) in [6, 6.07) is 4.62. The van der Waals surface area contributed by atoms with Crippen LogP contribution in [-0.2, 0) is 10.0 Å². The molecule has 0 radical (unpaired) electrons. The third kappa shape index (κ3) is 4.97. The third-order valence-corrected chi connectivity index (χ3v) is 5.15. The molecule has 0 spiro atoms. The lowest BCUT2D eigenvalue weighted by Crippen LogP contribution is -2.51. The molecule has 0 aromatic heterocycles. The molecule has 1 aliphatic heterocycles. The number of sulfonamides is 1. The Kier molecular flexibility index (Phi) is 6.70. The van der Waals surface area contributed by atoms with Gasteiger partial charge in [-0.1, -0.05) is 13.8 Å². The lowest BCUT2D eigenvalue weighted by atomic mass is 9.92. The van der Waals surface area contributed by atoms with E-state index < -0.39 is 15.6 Å². The predicted molar refractivity (Wildman–Crippen MR) is 91.9 cm³/mol. The van der Waals surface area contributed by atoms with Gasteiger partial charge >= 0.3 is 0 Å². The molecule has 0 amide bonds. The molecule has 1 aliphatic rings. The Bertz CT molecular complexity index is 636. The summed E-state index contributed by atoms with van der Waals surface area (Å²) in [5.74, 6) is 1.35. The first-order chi connectivity index (χ1) is 10.3. The minimum absolute atomic E-state index is 0. The standard InChI is InChI=1S/C15H24N2O4S.ClH/c1-11(2)9-15(3,10-16)17-22(18,19)12-4-5-13-14(8-12)21-7-6-20-13;/h4-5,8,11,17H,6-7,9-10,16H2,1-3H3;1H. The maximum Gasteiger partial charge on any atom is 0.241 e. The van der Waals surface area contributed by atoms with Crippen LogP contribution in [0.5, 0.6) is 11.5 Å². The normalized spacial score (nSPS) is 16.6. The maximum absolute atomic E-state index is 12.6. The maximum atomic E-state index is 12.6. The molecule has 0 saturated carbocycles. The summed E-state index contributed by atoms with van der Waals surface area (Å²) in [4.78, 5) is 0.153. The molecule has 1 atom stereocenters. The molecule has 0 fully saturated rings. The van der Waals surface area contributed by atoms with Crippen molar-refractivity contribution in [1.82, 2.24) is 4.72 Å². The summed E-state index contributed by atoms with van der Waals surface area (Å²) in [5, 5.41) is 0. The third-order valence-electron chi connectivity index (χ3n) is 3.51. The molecule has 0 bridgehead atoms. The minimum Gasteiger partial charge on any atom is -0.486 e. The van der Waals surface area contributed by atoms with Gasteiger partial charge in [-0.3, -0.25) is 0 Å². The summed E-state index contributed by atoms with van der Waals surface area (Å²) in [5.41, 5.74) is 5.10. The predicted octanol–water partition coefficient (Wildman–Crippen LogP) is 1.92. The first kappa shape index (κ1) is 20.0. The van der Waals surface area contributed by atoms with Crippen molar-refractivity contribution in [2.45, 2.75) is 37.6 Å². The van der Waals surface area contributed by atoms with E-state index in [2.05, 4.69) is 4.72 Å². The average Bonchev–Trinajstić information content (AvgIpc) is 2.45. The molecule has 1 aromatic rings. The summed E-state index contributed by atoms with van der Waals surface area (Å²) < 4.78 is 38.8. The van der Waals surface area contributed by atoms with Crippen LogP contribution in [0.25, 0.3) is 0 Å². The number of rotatable bonds is 6. The quantitative estimate of drug-likeness (QED) is 0.804. The van der Waals surface area contributed by atoms with Gasteiger partial charge in [0.05, 0.1) is 4.90 Å². The fraction of sp³-hybridized carbons (Fsp3) is 0.600. The molecule has 1 unspecified atom stereocenters. The number of nitrogens with one attached hydrogen (secondary N) is 1. The van der Waals surface area contributed by atoms with E-state index in [1.165, 1.54) is 12.1 Å². The van der Waals surface area contributed by atoms with E-state index in [9.17, 15) is 8.42 Å².